The highest BCUT2D eigenvalue weighted by Crippen LogP contribution is 2.49. The van der Waals surface area contributed by atoms with Crippen LogP contribution < -0.4 is 0 Å². The van der Waals surface area contributed by atoms with Gasteiger partial charge in [0.15, 0.2) is 0 Å². The summed E-state index contributed by atoms with van der Waals surface area (Å²) in [6.45, 7) is 30.4. The third kappa shape index (κ3) is 13.4. The molecule has 0 fully saturated rings. The number of benzene rings is 9. The van der Waals surface area contributed by atoms with Gasteiger partial charge in [0.1, 0.15) is 0 Å². The molecule has 9 aromatic rings. The van der Waals surface area contributed by atoms with Crippen LogP contribution in [0.3, 0.4) is 0 Å². The molecule has 0 atom stereocenters. The van der Waals surface area contributed by atoms with E-state index in [2.05, 4.69) is 291 Å². The summed E-state index contributed by atoms with van der Waals surface area (Å²) in [6, 6.07) is 69.5. The maximum Gasteiger partial charge on any atom is 0.0159 e. The van der Waals surface area contributed by atoms with Crippen LogP contribution in [-0.4, -0.2) is 0 Å². The first-order chi connectivity index (χ1) is 32.9. The maximum absolute atomic E-state index is 2.34. The van der Waals surface area contributed by atoms with Gasteiger partial charge in [0, 0.05) is 5.41 Å². The summed E-state index contributed by atoms with van der Waals surface area (Å²) in [7, 11) is 0. The highest BCUT2D eigenvalue weighted by Gasteiger charge is 2.35. The molecule has 0 heterocycles. The van der Waals surface area contributed by atoms with Gasteiger partial charge in [-0.3, -0.25) is 0 Å². The predicted molar refractivity (Wildman–Crippen MR) is 303 cm³/mol. The van der Waals surface area contributed by atoms with Crippen molar-refractivity contribution in [3.05, 3.63) is 272 Å². The standard InChI is InChI=1S/C17H18.3C14H14.C10H14/c1-11-5-7-13-14-8-6-12(2)10-16(14)17(3,4)15(13)9-11;1-11-5-3-7-13(9-11)14-8-4-6-12(2)10-14;1-11-7-3-5-9-13(11)14-10-6-4-8-12(14)2;1-11-7-9-13(10-8-11)14-6-4-3-5-12(14)2;1-7-5-9(3)10(4)6-8(7)2/h5-10H,1-4H3;3*3-10H,1-2H3;5-6H,1-4H3. The number of aryl methyl sites for hydroxylation is 12. The minimum absolute atomic E-state index is 0.142. The third-order valence-corrected chi connectivity index (χ3v) is 13.6. The predicted octanol–water partition coefficient (Wildman–Crippen LogP) is 19.4. The zero-order valence-electron chi connectivity index (χ0n) is 44.0. The summed E-state index contributed by atoms with van der Waals surface area (Å²) in [5, 5.41) is 0. The van der Waals surface area contributed by atoms with E-state index in [0.717, 1.165) is 0 Å². The van der Waals surface area contributed by atoms with E-state index in [-0.39, 0.29) is 5.41 Å². The summed E-state index contributed by atoms with van der Waals surface area (Å²) in [4.78, 5) is 0. The Morgan fingerprint density at radius 2 is 0.551 bits per heavy atom. The van der Waals surface area contributed by atoms with E-state index in [1.807, 2.05) is 0 Å². The molecular formula is C69H74. The SMILES string of the molecule is Cc1cc(C)c(C)cc1C.Cc1ccc(-c2ccccc2C)cc1.Cc1ccc2c(c1)C(C)(C)c1cc(C)ccc1-2.Cc1cccc(-c2cccc(C)c2)c1.Cc1ccccc1-c1ccccc1C. The van der Waals surface area contributed by atoms with Crippen molar-refractivity contribution in [1.29, 1.82) is 0 Å². The fourth-order valence-corrected chi connectivity index (χ4v) is 9.10. The fraction of sp³-hybridized carbons (Fsp3) is 0.217. The highest BCUT2D eigenvalue weighted by atomic mass is 14.4. The third-order valence-electron chi connectivity index (χ3n) is 13.6. The summed E-state index contributed by atoms with van der Waals surface area (Å²) in [5.41, 5.74) is 30.0. The lowest BCUT2D eigenvalue weighted by Crippen LogP contribution is -2.15. The van der Waals surface area contributed by atoms with Crippen LogP contribution >= 0.6 is 0 Å². The Morgan fingerprint density at radius 1 is 0.217 bits per heavy atom. The molecule has 10 rings (SSSR count). The van der Waals surface area contributed by atoms with E-state index < -0.39 is 0 Å². The van der Waals surface area contributed by atoms with Crippen molar-refractivity contribution in [1.82, 2.24) is 0 Å². The summed E-state index contributed by atoms with van der Waals surface area (Å²) in [5.74, 6) is 0. The second kappa shape index (κ2) is 23.3. The van der Waals surface area contributed by atoms with Gasteiger partial charge < -0.3 is 0 Å². The highest BCUT2D eigenvalue weighted by molar-refractivity contribution is 5.81. The Kier molecular flexibility index (Phi) is 17.4. The molecule has 350 valence electrons. The van der Waals surface area contributed by atoms with Crippen molar-refractivity contribution in [2.24, 2.45) is 0 Å². The Morgan fingerprint density at radius 3 is 0.913 bits per heavy atom. The molecule has 0 saturated carbocycles. The molecule has 0 nitrogen and oxygen atoms in total. The van der Waals surface area contributed by atoms with E-state index in [4.69, 9.17) is 0 Å². The van der Waals surface area contributed by atoms with Gasteiger partial charge in [-0.15, -0.1) is 0 Å². The normalized spacial score (nSPS) is 11.4. The second-order valence-corrected chi connectivity index (χ2v) is 19.8. The van der Waals surface area contributed by atoms with Crippen LogP contribution in [0, 0.1) is 83.1 Å². The van der Waals surface area contributed by atoms with Gasteiger partial charge in [0.2, 0.25) is 0 Å². The molecule has 0 unspecified atom stereocenters. The average molecular weight is 903 g/mol. The molecule has 0 saturated heterocycles. The van der Waals surface area contributed by atoms with Crippen molar-refractivity contribution >= 4 is 0 Å². The van der Waals surface area contributed by atoms with E-state index >= 15 is 0 Å². The molecule has 0 bridgehead atoms. The molecule has 0 aliphatic heterocycles. The first-order valence-corrected chi connectivity index (χ1v) is 24.6. The van der Waals surface area contributed by atoms with Crippen LogP contribution in [0.25, 0.3) is 44.5 Å². The van der Waals surface area contributed by atoms with Gasteiger partial charge in [-0.25, -0.2) is 0 Å². The molecule has 0 radical (unpaired) electrons. The molecule has 0 spiro atoms. The maximum atomic E-state index is 2.34. The van der Waals surface area contributed by atoms with E-state index in [1.165, 1.54) is 122 Å². The molecule has 0 amide bonds. The Labute approximate surface area is 416 Å². The monoisotopic (exact) mass is 903 g/mol. The first-order valence-electron chi connectivity index (χ1n) is 24.6. The molecule has 69 heavy (non-hydrogen) atoms. The van der Waals surface area contributed by atoms with Gasteiger partial charge in [-0.2, -0.15) is 0 Å². The van der Waals surface area contributed by atoms with Gasteiger partial charge in [0.25, 0.3) is 0 Å². The second-order valence-electron chi connectivity index (χ2n) is 19.8. The number of fused-ring (bicyclic) bond motifs is 3. The number of hydrogen-bond acceptors (Lipinski definition) is 0. The molecule has 0 aromatic heterocycles. The largest absolute Gasteiger partial charge is 0.0620 e. The minimum Gasteiger partial charge on any atom is -0.0620 e. The van der Waals surface area contributed by atoms with E-state index in [9.17, 15) is 0 Å². The zero-order chi connectivity index (χ0) is 49.8. The lowest BCUT2D eigenvalue weighted by molar-refractivity contribution is 0.659. The molecule has 1 aliphatic carbocycles. The van der Waals surface area contributed by atoms with Gasteiger partial charge >= 0.3 is 0 Å². The lowest BCUT2D eigenvalue weighted by Gasteiger charge is -2.22. The van der Waals surface area contributed by atoms with Crippen LogP contribution in [0.4, 0.5) is 0 Å². The minimum atomic E-state index is 0.142. The Hall–Kier alpha value is -7.02. The van der Waals surface area contributed by atoms with E-state index in [1.54, 1.807) is 0 Å². The molecule has 0 N–H and O–H groups in total. The Bertz CT molecular complexity index is 2940. The van der Waals surface area contributed by atoms with Crippen LogP contribution in [0.15, 0.2) is 194 Å². The summed E-state index contributed by atoms with van der Waals surface area (Å²) >= 11 is 0. The smallest absolute Gasteiger partial charge is 0.0159 e. The van der Waals surface area contributed by atoms with Crippen LogP contribution in [0.1, 0.15) is 91.7 Å². The van der Waals surface area contributed by atoms with Crippen molar-refractivity contribution in [2.45, 2.75) is 102 Å². The molecule has 9 aromatic carbocycles. The van der Waals surface area contributed by atoms with E-state index in [0.29, 0.717) is 0 Å². The van der Waals surface area contributed by atoms with Crippen molar-refractivity contribution < 1.29 is 0 Å². The Balaban J connectivity index is 0.000000143. The summed E-state index contributed by atoms with van der Waals surface area (Å²) < 4.78 is 0. The van der Waals surface area contributed by atoms with Crippen LogP contribution in [0.2, 0.25) is 0 Å². The van der Waals surface area contributed by atoms with Gasteiger partial charge in [-0.1, -0.05) is 236 Å². The van der Waals surface area contributed by atoms with Crippen molar-refractivity contribution in [3.8, 4) is 44.5 Å². The first kappa shape index (κ1) is 51.4. The van der Waals surface area contributed by atoms with Gasteiger partial charge in [-0.05, 0) is 178 Å². The van der Waals surface area contributed by atoms with Crippen LogP contribution in [0.5, 0.6) is 0 Å². The topological polar surface area (TPSA) is 0 Å². The van der Waals surface area contributed by atoms with Gasteiger partial charge in [0.05, 0.1) is 0 Å². The number of hydrogen-bond donors (Lipinski definition) is 0. The zero-order valence-corrected chi connectivity index (χ0v) is 44.0. The lowest BCUT2D eigenvalue weighted by atomic mass is 9.81. The summed E-state index contributed by atoms with van der Waals surface area (Å²) in [6.07, 6.45) is 0. The van der Waals surface area contributed by atoms with Crippen LogP contribution in [-0.2, 0) is 5.41 Å². The fourth-order valence-electron chi connectivity index (χ4n) is 9.10. The van der Waals surface area contributed by atoms with Crippen molar-refractivity contribution in [2.75, 3.05) is 0 Å². The quantitative estimate of drug-likeness (QED) is 0.166. The average Bonchev–Trinajstić information content (AvgIpc) is 3.54. The molecule has 1 aliphatic rings. The molecular weight excluding hydrogens is 829 g/mol. The number of rotatable bonds is 3. The molecule has 0 heteroatoms. The van der Waals surface area contributed by atoms with Crippen molar-refractivity contribution in [3.63, 3.8) is 0 Å².